The normalized spacial score (nSPS) is 16.4. The first-order valence-corrected chi connectivity index (χ1v) is 8.59. The molecule has 6 nitrogen and oxygen atoms in total. The van der Waals surface area contributed by atoms with Gasteiger partial charge in [0.05, 0.1) is 11.6 Å². The number of carbonyl (C=O) groups is 1. The molecule has 1 aliphatic rings. The fourth-order valence-corrected chi connectivity index (χ4v) is 3.19. The first-order chi connectivity index (χ1) is 13.5. The zero-order valence-electron chi connectivity index (χ0n) is 14.6. The molecule has 0 aliphatic carbocycles. The lowest BCUT2D eigenvalue weighted by Crippen LogP contribution is -2.25. The summed E-state index contributed by atoms with van der Waals surface area (Å²) < 4.78 is 32.2. The van der Waals surface area contributed by atoms with Gasteiger partial charge in [0, 0.05) is 42.6 Å². The van der Waals surface area contributed by atoms with Gasteiger partial charge in [0.1, 0.15) is 11.6 Å². The van der Waals surface area contributed by atoms with Crippen LogP contribution in [-0.4, -0.2) is 27.5 Å². The van der Waals surface area contributed by atoms with Crippen LogP contribution >= 0.6 is 0 Å². The second-order valence-electron chi connectivity index (χ2n) is 6.56. The highest BCUT2D eigenvalue weighted by Crippen LogP contribution is 2.29. The van der Waals surface area contributed by atoms with Gasteiger partial charge in [0.2, 0.25) is 5.91 Å². The molecular formula is C20H14F2N4O2. The van der Waals surface area contributed by atoms with Crippen molar-refractivity contribution in [3.63, 3.8) is 0 Å². The minimum absolute atomic E-state index is 0.0520. The Kier molecular flexibility index (Phi) is 4.57. The van der Waals surface area contributed by atoms with E-state index in [2.05, 4.69) is 10.1 Å². The van der Waals surface area contributed by atoms with E-state index in [-0.39, 0.29) is 36.2 Å². The van der Waals surface area contributed by atoms with Gasteiger partial charge in [0.15, 0.2) is 5.82 Å². The van der Waals surface area contributed by atoms with Gasteiger partial charge in [-0.2, -0.15) is 10.2 Å². The molecule has 0 N–H and O–H groups in total. The molecule has 3 aromatic rings. The van der Waals surface area contributed by atoms with Gasteiger partial charge in [0.25, 0.3) is 5.89 Å². The Morgan fingerprint density at radius 1 is 1.25 bits per heavy atom. The van der Waals surface area contributed by atoms with Crippen molar-refractivity contribution >= 4 is 5.91 Å². The molecule has 1 unspecified atom stereocenters. The zero-order valence-corrected chi connectivity index (χ0v) is 14.6. The monoisotopic (exact) mass is 380 g/mol. The van der Waals surface area contributed by atoms with E-state index in [0.717, 1.165) is 12.1 Å². The van der Waals surface area contributed by atoms with Crippen molar-refractivity contribution in [2.45, 2.75) is 18.9 Å². The number of nitriles is 1. The van der Waals surface area contributed by atoms with Crippen molar-refractivity contribution in [1.82, 2.24) is 15.0 Å². The third kappa shape index (κ3) is 3.47. The molecule has 1 aromatic heterocycles. The number of hydrogen-bond acceptors (Lipinski definition) is 5. The third-order valence-corrected chi connectivity index (χ3v) is 4.64. The van der Waals surface area contributed by atoms with Crippen LogP contribution in [0.3, 0.4) is 0 Å². The van der Waals surface area contributed by atoms with Gasteiger partial charge < -0.3 is 9.42 Å². The Hall–Kier alpha value is -3.60. The van der Waals surface area contributed by atoms with Crippen LogP contribution in [-0.2, 0) is 11.3 Å². The predicted octanol–water partition coefficient (Wildman–Crippen LogP) is 3.40. The lowest BCUT2D eigenvalue weighted by atomic mass is 10.1. The smallest absolute Gasteiger partial charge is 0.257 e. The Morgan fingerprint density at radius 2 is 2.11 bits per heavy atom. The van der Waals surface area contributed by atoms with Gasteiger partial charge in [-0.15, -0.1) is 0 Å². The van der Waals surface area contributed by atoms with E-state index in [4.69, 9.17) is 9.78 Å². The number of likely N-dealkylation sites (tertiary alicyclic amines) is 1. The van der Waals surface area contributed by atoms with E-state index in [1.54, 1.807) is 24.3 Å². The fraction of sp³-hybridized carbons (Fsp3) is 0.200. The lowest BCUT2D eigenvalue weighted by Gasteiger charge is -2.16. The summed E-state index contributed by atoms with van der Waals surface area (Å²) in [4.78, 5) is 18.2. The quantitative estimate of drug-likeness (QED) is 0.693. The minimum atomic E-state index is -0.685. The van der Waals surface area contributed by atoms with Crippen LogP contribution in [0, 0.1) is 23.0 Å². The van der Waals surface area contributed by atoms with E-state index in [9.17, 15) is 13.6 Å². The van der Waals surface area contributed by atoms with Gasteiger partial charge in [-0.1, -0.05) is 17.3 Å². The van der Waals surface area contributed by atoms with Crippen molar-refractivity contribution in [3.8, 4) is 17.5 Å². The van der Waals surface area contributed by atoms with Gasteiger partial charge in [-0.3, -0.25) is 4.79 Å². The molecule has 140 valence electrons. The molecule has 1 fully saturated rings. The maximum Gasteiger partial charge on any atom is 0.257 e. The Morgan fingerprint density at radius 3 is 2.89 bits per heavy atom. The highest BCUT2D eigenvalue weighted by atomic mass is 19.1. The van der Waals surface area contributed by atoms with Crippen LogP contribution < -0.4 is 0 Å². The highest BCUT2D eigenvalue weighted by Gasteiger charge is 2.34. The third-order valence-electron chi connectivity index (χ3n) is 4.64. The number of rotatable bonds is 4. The second kappa shape index (κ2) is 7.19. The molecule has 1 amide bonds. The van der Waals surface area contributed by atoms with E-state index in [1.165, 1.54) is 11.0 Å². The molecule has 1 aliphatic heterocycles. The second-order valence-corrected chi connectivity index (χ2v) is 6.56. The van der Waals surface area contributed by atoms with E-state index < -0.39 is 11.6 Å². The molecule has 0 bridgehead atoms. The molecular weight excluding hydrogens is 366 g/mol. The Balaban J connectivity index is 1.50. The van der Waals surface area contributed by atoms with E-state index in [0.29, 0.717) is 23.5 Å². The number of halogens is 2. The number of nitrogens with zero attached hydrogens (tertiary/aromatic N) is 4. The molecule has 4 rings (SSSR count). The van der Waals surface area contributed by atoms with Crippen molar-refractivity contribution < 1.29 is 18.1 Å². The van der Waals surface area contributed by atoms with Gasteiger partial charge >= 0.3 is 0 Å². The van der Waals surface area contributed by atoms with Crippen LogP contribution in [0.15, 0.2) is 47.0 Å². The number of amides is 1. The van der Waals surface area contributed by atoms with Crippen LogP contribution in [0.5, 0.6) is 0 Å². The summed E-state index contributed by atoms with van der Waals surface area (Å²) in [6, 6.07) is 12.1. The van der Waals surface area contributed by atoms with Gasteiger partial charge in [-0.05, 0) is 24.3 Å². The SMILES string of the molecule is N#Cc1cccc(-c2nc(C3CC(=O)N(Cc4ccc(F)cc4F)C3)no2)c1. The summed E-state index contributed by atoms with van der Waals surface area (Å²) in [6.45, 7) is 0.364. The standard InChI is InChI=1S/C20H14F2N4O2/c21-16-5-4-14(17(22)8-16)10-26-11-15(7-18(26)27)19-24-20(28-25-19)13-3-1-2-12(6-13)9-23/h1-6,8,15H,7,10-11H2. The zero-order chi connectivity index (χ0) is 19.7. The Labute approximate surface area is 159 Å². The highest BCUT2D eigenvalue weighted by molar-refractivity contribution is 5.79. The summed E-state index contributed by atoms with van der Waals surface area (Å²) in [7, 11) is 0. The number of carbonyl (C=O) groups excluding carboxylic acids is 1. The van der Waals surface area contributed by atoms with Crippen molar-refractivity contribution in [2.75, 3.05) is 6.54 Å². The maximum absolute atomic E-state index is 13.9. The molecule has 8 heteroatoms. The first-order valence-electron chi connectivity index (χ1n) is 8.59. The average Bonchev–Trinajstić information content (AvgIpc) is 3.31. The molecule has 2 aromatic carbocycles. The minimum Gasteiger partial charge on any atom is -0.337 e. The van der Waals surface area contributed by atoms with E-state index in [1.807, 2.05) is 6.07 Å². The van der Waals surface area contributed by atoms with E-state index >= 15 is 0 Å². The largest absolute Gasteiger partial charge is 0.337 e. The maximum atomic E-state index is 13.9. The summed E-state index contributed by atoms with van der Waals surface area (Å²) >= 11 is 0. The summed E-state index contributed by atoms with van der Waals surface area (Å²) in [6.07, 6.45) is 0.181. The fourth-order valence-electron chi connectivity index (χ4n) is 3.19. The molecule has 1 atom stereocenters. The van der Waals surface area contributed by atoms with Crippen LogP contribution in [0.2, 0.25) is 0 Å². The topological polar surface area (TPSA) is 83.0 Å². The number of aromatic nitrogens is 2. The van der Waals surface area contributed by atoms with Crippen LogP contribution in [0.1, 0.15) is 29.3 Å². The lowest BCUT2D eigenvalue weighted by molar-refractivity contribution is -0.128. The summed E-state index contributed by atoms with van der Waals surface area (Å²) in [5.41, 5.74) is 1.34. The predicted molar refractivity (Wildman–Crippen MR) is 93.6 cm³/mol. The number of hydrogen-bond donors (Lipinski definition) is 0. The number of benzene rings is 2. The van der Waals surface area contributed by atoms with Crippen LogP contribution in [0.4, 0.5) is 8.78 Å². The summed E-state index contributed by atoms with van der Waals surface area (Å²) in [5.74, 6) is -1.14. The average molecular weight is 380 g/mol. The van der Waals surface area contributed by atoms with Crippen molar-refractivity contribution in [1.29, 1.82) is 5.26 Å². The van der Waals surface area contributed by atoms with Crippen molar-refractivity contribution in [2.24, 2.45) is 0 Å². The molecule has 0 radical (unpaired) electrons. The van der Waals surface area contributed by atoms with Gasteiger partial charge in [-0.25, -0.2) is 8.78 Å². The first kappa shape index (κ1) is 17.8. The molecule has 0 saturated carbocycles. The summed E-state index contributed by atoms with van der Waals surface area (Å²) in [5, 5.41) is 13.0. The molecule has 1 saturated heterocycles. The molecule has 0 spiro atoms. The van der Waals surface area contributed by atoms with Crippen molar-refractivity contribution in [3.05, 3.63) is 71.1 Å². The molecule has 28 heavy (non-hydrogen) atoms. The van der Waals surface area contributed by atoms with Crippen LogP contribution in [0.25, 0.3) is 11.5 Å². The molecule has 2 heterocycles. The Bertz CT molecular complexity index is 1090.